The molecule has 39 heavy (non-hydrogen) atoms. The average Bonchev–Trinajstić information content (AvgIpc) is 3.46. The van der Waals surface area contributed by atoms with Crippen LogP contribution in [0.1, 0.15) is 34.5 Å². The van der Waals surface area contributed by atoms with Crippen molar-refractivity contribution >= 4 is 40.2 Å². The highest BCUT2D eigenvalue weighted by molar-refractivity contribution is 6.30. The quantitative estimate of drug-likeness (QED) is 0.292. The lowest BCUT2D eigenvalue weighted by atomic mass is 10.0. The number of hydrogen-bond donors (Lipinski definition) is 2. The molecule has 8 nitrogen and oxygen atoms in total. The number of aryl methyl sites for hydroxylation is 1. The molecule has 0 bridgehead atoms. The molecule has 6 rings (SSSR count). The van der Waals surface area contributed by atoms with E-state index in [0.717, 1.165) is 46.4 Å². The first-order valence-corrected chi connectivity index (χ1v) is 13.4. The number of nitrogens with one attached hydrogen (secondary N) is 1. The molecular weight excluding hydrogens is 514 g/mol. The molecule has 1 saturated heterocycles. The van der Waals surface area contributed by atoms with Crippen LogP contribution in [-0.4, -0.2) is 55.1 Å². The van der Waals surface area contributed by atoms with E-state index in [1.807, 2.05) is 66.1 Å². The molecular formula is C30H28ClN5O3. The van der Waals surface area contributed by atoms with Crippen LogP contribution < -0.4 is 5.32 Å². The monoisotopic (exact) mass is 541 g/mol. The Kier molecular flexibility index (Phi) is 6.48. The molecule has 3 aromatic heterocycles. The fraction of sp³-hybridized carbons (Fsp3) is 0.233. The van der Waals surface area contributed by atoms with E-state index in [9.17, 15) is 9.59 Å². The number of fused-ring (bicyclic) bond motifs is 2. The lowest BCUT2D eigenvalue weighted by Crippen LogP contribution is -2.49. The molecule has 1 aliphatic rings. The van der Waals surface area contributed by atoms with E-state index >= 15 is 0 Å². The summed E-state index contributed by atoms with van der Waals surface area (Å²) in [6.45, 7) is 3.66. The number of halogens is 1. The first kappa shape index (κ1) is 25.0. The second-order valence-electron chi connectivity index (χ2n) is 10.0. The Morgan fingerprint density at radius 3 is 2.69 bits per heavy atom. The largest absolute Gasteiger partial charge is 0.465 e. The lowest BCUT2D eigenvalue weighted by molar-refractivity contribution is 0.0692. The summed E-state index contributed by atoms with van der Waals surface area (Å²) in [5.41, 5.74) is 6.31. The number of amides is 2. The van der Waals surface area contributed by atoms with E-state index in [1.165, 1.54) is 0 Å². The average molecular weight is 542 g/mol. The molecule has 4 heterocycles. The van der Waals surface area contributed by atoms with Crippen molar-refractivity contribution in [2.45, 2.75) is 32.4 Å². The predicted molar refractivity (Wildman–Crippen MR) is 152 cm³/mol. The van der Waals surface area contributed by atoms with Gasteiger partial charge in [0.15, 0.2) is 0 Å². The Morgan fingerprint density at radius 2 is 1.90 bits per heavy atom. The van der Waals surface area contributed by atoms with Crippen molar-refractivity contribution in [3.8, 4) is 11.4 Å². The summed E-state index contributed by atoms with van der Waals surface area (Å²) in [6, 6.07) is 21.7. The summed E-state index contributed by atoms with van der Waals surface area (Å²) >= 11 is 6.12. The van der Waals surface area contributed by atoms with E-state index in [-0.39, 0.29) is 11.9 Å². The van der Waals surface area contributed by atoms with Gasteiger partial charge in [0.05, 0.1) is 5.69 Å². The van der Waals surface area contributed by atoms with Crippen molar-refractivity contribution in [1.82, 2.24) is 24.2 Å². The summed E-state index contributed by atoms with van der Waals surface area (Å²) in [5.74, 6) is -0.117. The summed E-state index contributed by atoms with van der Waals surface area (Å²) in [4.78, 5) is 31.1. The SMILES string of the molecule is Cc1c(-c2cc3ccccc3n2Cc2ccc(Cl)cc2)nc2cc(C(=O)N3CCCC(NC(=O)O)C3)ccn12. The van der Waals surface area contributed by atoms with Gasteiger partial charge in [-0.2, -0.15) is 0 Å². The Balaban J connectivity index is 1.36. The molecule has 0 spiro atoms. The van der Waals surface area contributed by atoms with Gasteiger partial charge in [-0.3, -0.25) is 4.79 Å². The number of carboxylic acid groups (broad SMARTS) is 1. The second kappa shape index (κ2) is 10.1. The highest BCUT2D eigenvalue weighted by Gasteiger charge is 2.26. The number of rotatable bonds is 5. The van der Waals surface area contributed by atoms with Gasteiger partial charge >= 0.3 is 6.09 Å². The Hall–Kier alpha value is -4.30. The molecule has 0 saturated carbocycles. The van der Waals surface area contributed by atoms with Crippen molar-refractivity contribution in [3.63, 3.8) is 0 Å². The zero-order valence-corrected chi connectivity index (χ0v) is 22.2. The van der Waals surface area contributed by atoms with Crippen molar-refractivity contribution in [1.29, 1.82) is 0 Å². The Morgan fingerprint density at radius 1 is 1.10 bits per heavy atom. The molecule has 0 aliphatic carbocycles. The van der Waals surface area contributed by atoms with Crippen LogP contribution in [0.5, 0.6) is 0 Å². The highest BCUT2D eigenvalue weighted by Crippen LogP contribution is 2.32. The van der Waals surface area contributed by atoms with E-state index in [4.69, 9.17) is 21.7 Å². The number of likely N-dealkylation sites (tertiary alicyclic amines) is 1. The summed E-state index contributed by atoms with van der Waals surface area (Å²) in [7, 11) is 0. The fourth-order valence-electron chi connectivity index (χ4n) is 5.53. The van der Waals surface area contributed by atoms with Crippen LogP contribution in [0.25, 0.3) is 27.9 Å². The number of benzene rings is 2. The van der Waals surface area contributed by atoms with Crippen molar-refractivity contribution in [3.05, 3.63) is 94.8 Å². The number of piperidine rings is 1. The first-order chi connectivity index (χ1) is 18.9. The predicted octanol–water partition coefficient (Wildman–Crippen LogP) is 5.84. The maximum absolute atomic E-state index is 13.3. The molecule has 0 radical (unpaired) electrons. The second-order valence-corrected chi connectivity index (χ2v) is 10.5. The molecule has 198 valence electrons. The van der Waals surface area contributed by atoms with Crippen LogP contribution in [0.2, 0.25) is 5.02 Å². The third-order valence-electron chi connectivity index (χ3n) is 7.46. The van der Waals surface area contributed by atoms with E-state index in [2.05, 4.69) is 28.1 Å². The third kappa shape index (κ3) is 4.83. The number of nitrogens with zero attached hydrogens (tertiary/aromatic N) is 4. The van der Waals surface area contributed by atoms with Gasteiger partial charge in [-0.15, -0.1) is 0 Å². The highest BCUT2D eigenvalue weighted by atomic mass is 35.5. The van der Waals surface area contributed by atoms with Gasteiger partial charge in [-0.05, 0) is 61.7 Å². The van der Waals surface area contributed by atoms with Crippen LogP contribution in [0, 0.1) is 6.92 Å². The topological polar surface area (TPSA) is 91.9 Å². The van der Waals surface area contributed by atoms with Crippen LogP contribution in [0.3, 0.4) is 0 Å². The Labute approximate surface area is 230 Å². The Bertz CT molecular complexity index is 1710. The molecule has 1 unspecified atom stereocenters. The third-order valence-corrected chi connectivity index (χ3v) is 7.71. The van der Waals surface area contributed by atoms with Crippen LogP contribution in [0.4, 0.5) is 4.79 Å². The first-order valence-electron chi connectivity index (χ1n) is 13.0. The minimum absolute atomic E-state index is 0.117. The van der Waals surface area contributed by atoms with Crippen molar-refractivity contribution in [2.24, 2.45) is 0 Å². The van der Waals surface area contributed by atoms with Crippen LogP contribution in [0.15, 0.2) is 72.9 Å². The molecule has 2 amide bonds. The van der Waals surface area contributed by atoms with Crippen molar-refractivity contribution in [2.75, 3.05) is 13.1 Å². The number of pyridine rings is 1. The van der Waals surface area contributed by atoms with Gasteiger partial charge in [0.2, 0.25) is 0 Å². The van der Waals surface area contributed by atoms with Crippen LogP contribution in [-0.2, 0) is 6.54 Å². The minimum atomic E-state index is -1.07. The zero-order chi connectivity index (χ0) is 27.1. The maximum Gasteiger partial charge on any atom is 0.404 e. The smallest absolute Gasteiger partial charge is 0.404 e. The number of para-hydroxylation sites is 1. The van der Waals surface area contributed by atoms with Crippen LogP contribution >= 0.6 is 11.6 Å². The molecule has 5 aromatic rings. The maximum atomic E-state index is 13.3. The van der Waals surface area contributed by atoms with Gasteiger partial charge < -0.3 is 24.3 Å². The van der Waals surface area contributed by atoms with Gasteiger partial charge in [0.1, 0.15) is 11.3 Å². The number of carbonyl (C=O) groups excluding carboxylic acids is 1. The lowest BCUT2D eigenvalue weighted by Gasteiger charge is -2.32. The van der Waals surface area contributed by atoms with Gasteiger partial charge in [0, 0.05) is 59.1 Å². The molecule has 1 fully saturated rings. The molecule has 1 atom stereocenters. The number of carbonyl (C=O) groups is 2. The fourth-order valence-corrected chi connectivity index (χ4v) is 5.65. The number of imidazole rings is 1. The summed E-state index contributed by atoms with van der Waals surface area (Å²) < 4.78 is 4.27. The van der Waals surface area contributed by atoms with E-state index in [0.29, 0.717) is 35.9 Å². The number of hydrogen-bond acceptors (Lipinski definition) is 3. The zero-order valence-electron chi connectivity index (χ0n) is 21.5. The summed E-state index contributed by atoms with van der Waals surface area (Å²) in [5, 5.41) is 13.4. The molecule has 2 aromatic carbocycles. The van der Waals surface area contributed by atoms with Gasteiger partial charge in [0.25, 0.3) is 5.91 Å². The minimum Gasteiger partial charge on any atom is -0.465 e. The molecule has 1 aliphatic heterocycles. The van der Waals surface area contributed by atoms with Gasteiger partial charge in [-0.25, -0.2) is 9.78 Å². The van der Waals surface area contributed by atoms with E-state index < -0.39 is 6.09 Å². The van der Waals surface area contributed by atoms with E-state index in [1.54, 1.807) is 4.90 Å². The summed E-state index contributed by atoms with van der Waals surface area (Å²) in [6.07, 6.45) is 2.30. The standard InChI is InChI=1S/C30H28ClN5O3/c1-19-28(26-15-21-5-2-3-7-25(21)36(26)17-20-8-10-23(31)11-9-20)33-27-16-22(12-14-35(19)27)29(37)34-13-4-6-24(18-34)32-30(38)39/h2-3,5,7-12,14-16,24,32H,4,6,13,17-18H2,1H3,(H,38,39). The number of aromatic nitrogens is 3. The molecule has 2 N–H and O–H groups in total. The molecule has 9 heteroatoms. The van der Waals surface area contributed by atoms with Gasteiger partial charge in [-0.1, -0.05) is 41.9 Å². The van der Waals surface area contributed by atoms with Crippen molar-refractivity contribution < 1.29 is 14.7 Å². The normalized spacial score (nSPS) is 15.6.